The maximum atomic E-state index is 10.9. The average Bonchev–Trinajstić information content (AvgIpc) is 2.26. The molecule has 1 fully saturated rings. The Morgan fingerprint density at radius 1 is 1.58 bits per heavy atom. The van der Waals surface area contributed by atoms with Crippen LogP contribution >= 0.6 is 11.8 Å². The van der Waals surface area contributed by atoms with E-state index in [-0.39, 0.29) is 18.0 Å². The summed E-state index contributed by atoms with van der Waals surface area (Å²) in [5, 5.41) is 9.98. The highest BCUT2D eigenvalue weighted by molar-refractivity contribution is 8.26. The monoisotopic (exact) mass is 189 g/mol. The fraction of sp³-hybridized carbons (Fsp3) is 0.500. The number of rotatable bonds is 3. The van der Waals surface area contributed by atoms with Crippen LogP contribution in [0.15, 0.2) is 0 Å². The lowest BCUT2D eigenvalue weighted by Gasteiger charge is -2.03. The first-order valence-corrected chi connectivity index (χ1v) is 4.15. The molecule has 0 aromatic rings. The highest BCUT2D eigenvalue weighted by atomic mass is 32.2. The topological polar surface area (TPSA) is 83.5 Å². The number of aliphatic carboxylic acids is 1. The first-order valence-electron chi connectivity index (χ1n) is 3.33. The van der Waals surface area contributed by atoms with Gasteiger partial charge in [0, 0.05) is 18.2 Å². The van der Waals surface area contributed by atoms with E-state index < -0.39 is 17.3 Å². The van der Waals surface area contributed by atoms with Gasteiger partial charge >= 0.3 is 5.97 Å². The van der Waals surface area contributed by atoms with E-state index in [2.05, 4.69) is 5.32 Å². The third-order valence-electron chi connectivity index (χ3n) is 1.42. The number of amides is 1. The molecule has 0 aliphatic carbocycles. The zero-order valence-corrected chi connectivity index (χ0v) is 6.89. The molecule has 2 N–H and O–H groups in total. The minimum Gasteiger partial charge on any atom is -0.481 e. The summed E-state index contributed by atoms with van der Waals surface area (Å²) in [4.78, 5) is 31.6. The minimum atomic E-state index is -0.964. The summed E-state index contributed by atoms with van der Waals surface area (Å²) in [5.41, 5.74) is 0. The molecule has 1 aliphatic heterocycles. The summed E-state index contributed by atoms with van der Waals surface area (Å²) in [6.45, 7) is 0. The molecule has 1 aliphatic rings. The van der Waals surface area contributed by atoms with Gasteiger partial charge in [0.25, 0.3) is 5.24 Å². The van der Waals surface area contributed by atoms with Crippen molar-refractivity contribution in [2.75, 3.05) is 0 Å². The van der Waals surface area contributed by atoms with Crippen LogP contribution in [0.3, 0.4) is 0 Å². The quantitative estimate of drug-likeness (QED) is 0.662. The number of hydrogen-bond donors (Lipinski definition) is 2. The number of carbonyl (C=O) groups is 3. The molecule has 0 bridgehead atoms. The molecule has 1 rings (SSSR count). The predicted octanol–water partition coefficient (Wildman–Crippen LogP) is 0.203. The Balaban J connectivity index is 2.38. The van der Waals surface area contributed by atoms with E-state index in [0.29, 0.717) is 11.8 Å². The maximum Gasteiger partial charge on any atom is 0.303 e. The Hall–Kier alpha value is -1.04. The van der Waals surface area contributed by atoms with Gasteiger partial charge in [0.15, 0.2) is 0 Å². The lowest BCUT2D eigenvalue weighted by atomic mass is 10.2. The van der Waals surface area contributed by atoms with Crippen molar-refractivity contribution in [3.8, 4) is 0 Å². The third-order valence-corrected chi connectivity index (χ3v) is 2.21. The molecule has 1 atom stereocenters. The molecule has 0 aromatic heterocycles. The van der Waals surface area contributed by atoms with Crippen LogP contribution in [-0.4, -0.2) is 27.5 Å². The van der Waals surface area contributed by atoms with Crippen LogP contribution in [0.2, 0.25) is 0 Å². The molecule has 1 amide bonds. The average molecular weight is 189 g/mol. The highest BCUT2D eigenvalue weighted by Crippen LogP contribution is 2.18. The first kappa shape index (κ1) is 9.05. The Kier molecular flexibility index (Phi) is 2.69. The van der Waals surface area contributed by atoms with Crippen LogP contribution in [0, 0.1) is 0 Å². The molecule has 1 unspecified atom stereocenters. The second kappa shape index (κ2) is 3.57. The number of carbonyl (C=O) groups excluding carboxylic acids is 2. The van der Waals surface area contributed by atoms with Crippen LogP contribution in [0.5, 0.6) is 0 Å². The third kappa shape index (κ3) is 2.23. The van der Waals surface area contributed by atoms with Gasteiger partial charge in [-0.3, -0.25) is 14.4 Å². The van der Waals surface area contributed by atoms with Crippen molar-refractivity contribution in [2.24, 2.45) is 0 Å². The van der Waals surface area contributed by atoms with E-state index in [9.17, 15) is 14.4 Å². The molecular weight excluding hydrogens is 182 g/mol. The van der Waals surface area contributed by atoms with Crippen LogP contribution in [-0.2, 0) is 9.59 Å². The molecule has 5 nitrogen and oxygen atoms in total. The second-order valence-electron chi connectivity index (χ2n) is 2.34. The summed E-state index contributed by atoms with van der Waals surface area (Å²) < 4.78 is 0. The second-order valence-corrected chi connectivity index (χ2v) is 3.32. The van der Waals surface area contributed by atoms with Gasteiger partial charge in [-0.05, 0) is 6.42 Å². The summed E-state index contributed by atoms with van der Waals surface area (Å²) in [5.74, 6) is -0.964. The van der Waals surface area contributed by atoms with Gasteiger partial charge in [0.05, 0.1) is 6.04 Å². The molecule has 0 spiro atoms. The molecule has 12 heavy (non-hydrogen) atoms. The SMILES string of the molecule is O=C(O)CCC1NC(=O)SC1=O. The molecule has 0 aromatic carbocycles. The number of carboxylic acid groups (broad SMARTS) is 1. The Bertz CT molecular complexity index is 240. The zero-order chi connectivity index (χ0) is 9.14. The van der Waals surface area contributed by atoms with Gasteiger partial charge in [-0.1, -0.05) is 0 Å². The zero-order valence-electron chi connectivity index (χ0n) is 6.07. The molecule has 66 valence electrons. The Morgan fingerprint density at radius 3 is 2.67 bits per heavy atom. The van der Waals surface area contributed by atoms with Gasteiger partial charge in [-0.2, -0.15) is 0 Å². The Morgan fingerprint density at radius 2 is 2.25 bits per heavy atom. The molecule has 1 saturated heterocycles. The van der Waals surface area contributed by atoms with Crippen molar-refractivity contribution in [1.29, 1.82) is 0 Å². The number of hydrogen-bond acceptors (Lipinski definition) is 4. The summed E-state index contributed by atoms with van der Waals surface area (Å²) >= 11 is 0.598. The van der Waals surface area contributed by atoms with Crippen molar-refractivity contribution in [3.63, 3.8) is 0 Å². The number of thioether (sulfide) groups is 1. The van der Waals surface area contributed by atoms with Crippen molar-refractivity contribution in [3.05, 3.63) is 0 Å². The smallest absolute Gasteiger partial charge is 0.303 e. The van der Waals surface area contributed by atoms with E-state index >= 15 is 0 Å². The summed E-state index contributed by atoms with van der Waals surface area (Å²) in [6.07, 6.45) is 0.0736. The predicted molar refractivity (Wildman–Crippen MR) is 41.8 cm³/mol. The van der Waals surface area contributed by atoms with E-state index in [1.807, 2.05) is 0 Å². The van der Waals surface area contributed by atoms with Gasteiger partial charge in [-0.15, -0.1) is 0 Å². The number of nitrogens with one attached hydrogen (secondary N) is 1. The summed E-state index contributed by atoms with van der Waals surface area (Å²) in [7, 11) is 0. The van der Waals surface area contributed by atoms with Crippen LogP contribution in [0.1, 0.15) is 12.8 Å². The van der Waals surface area contributed by atoms with Gasteiger partial charge in [-0.25, -0.2) is 0 Å². The fourth-order valence-corrected chi connectivity index (χ4v) is 1.55. The van der Waals surface area contributed by atoms with Crippen LogP contribution in [0.25, 0.3) is 0 Å². The number of carboxylic acids is 1. The van der Waals surface area contributed by atoms with E-state index in [4.69, 9.17) is 5.11 Å². The van der Waals surface area contributed by atoms with E-state index in [1.54, 1.807) is 0 Å². The van der Waals surface area contributed by atoms with Gasteiger partial charge in [0.1, 0.15) is 0 Å². The van der Waals surface area contributed by atoms with Gasteiger partial charge < -0.3 is 10.4 Å². The lowest BCUT2D eigenvalue weighted by Crippen LogP contribution is -2.29. The molecule has 6 heteroatoms. The molecule has 1 heterocycles. The summed E-state index contributed by atoms with van der Waals surface area (Å²) in [6, 6.07) is -0.612. The van der Waals surface area contributed by atoms with Crippen molar-refractivity contribution in [1.82, 2.24) is 5.32 Å². The molecule has 0 saturated carbocycles. The fourth-order valence-electron chi connectivity index (χ4n) is 0.851. The van der Waals surface area contributed by atoms with Crippen molar-refractivity contribution in [2.45, 2.75) is 18.9 Å². The van der Waals surface area contributed by atoms with E-state index in [1.165, 1.54) is 0 Å². The van der Waals surface area contributed by atoms with Crippen molar-refractivity contribution < 1.29 is 19.5 Å². The standard InChI is InChI=1S/C6H7NO4S/c8-4(9)2-1-3-5(10)12-6(11)7-3/h3H,1-2H2,(H,7,11)(H,8,9). The lowest BCUT2D eigenvalue weighted by molar-refractivity contribution is -0.137. The van der Waals surface area contributed by atoms with Crippen LogP contribution < -0.4 is 5.32 Å². The van der Waals surface area contributed by atoms with Crippen LogP contribution in [0.4, 0.5) is 4.79 Å². The first-order chi connectivity index (χ1) is 5.59. The molecule has 0 radical (unpaired) electrons. The highest BCUT2D eigenvalue weighted by Gasteiger charge is 2.31. The molecular formula is C6H7NO4S. The Labute approximate surface area is 72.5 Å². The minimum absolute atomic E-state index is 0.1000. The normalized spacial score (nSPS) is 22.5. The maximum absolute atomic E-state index is 10.9. The largest absolute Gasteiger partial charge is 0.481 e. The van der Waals surface area contributed by atoms with Gasteiger partial charge in [0.2, 0.25) is 5.12 Å². The van der Waals surface area contributed by atoms with Crippen molar-refractivity contribution >= 4 is 28.1 Å². The van der Waals surface area contributed by atoms with E-state index in [0.717, 1.165) is 0 Å².